The lowest BCUT2D eigenvalue weighted by molar-refractivity contribution is -0.889. The van der Waals surface area contributed by atoms with Gasteiger partial charge in [0.25, 0.3) is 0 Å². The summed E-state index contributed by atoms with van der Waals surface area (Å²) in [6.45, 7) is 4.53. The molecule has 0 aliphatic carbocycles. The van der Waals surface area contributed by atoms with Crippen molar-refractivity contribution in [2.75, 3.05) is 41.0 Å². The number of carbonyl (C=O) groups excluding carboxylic acids is 3. The van der Waals surface area contributed by atoms with Gasteiger partial charge in [0, 0.05) is 19.3 Å². The molecule has 0 bridgehead atoms. The molecule has 2 atom stereocenters. The van der Waals surface area contributed by atoms with Crippen molar-refractivity contribution >= 4 is 17.9 Å². The van der Waals surface area contributed by atoms with Crippen LogP contribution in [-0.4, -0.2) is 75.5 Å². The number of carbonyl (C=O) groups is 3. The van der Waals surface area contributed by atoms with Gasteiger partial charge in [-0.05, 0) is 83.5 Å². The van der Waals surface area contributed by atoms with Gasteiger partial charge in [0.1, 0.15) is 12.6 Å². The maximum absolute atomic E-state index is 12.8. The molecule has 374 valence electrons. The number of esters is 2. The van der Waals surface area contributed by atoms with Gasteiger partial charge in [0.15, 0.2) is 6.10 Å². The van der Waals surface area contributed by atoms with E-state index < -0.39 is 18.1 Å². The first-order valence-electron chi connectivity index (χ1n) is 26.5. The number of hydrogen-bond acceptors (Lipinski definition) is 7. The van der Waals surface area contributed by atoms with Gasteiger partial charge in [-0.25, -0.2) is 0 Å². The molecule has 0 saturated carbocycles. The standard InChI is InChI=1S/C57H99NO7/c1-6-8-10-12-14-16-18-20-22-24-26-28-30-32-34-36-38-40-42-44-46-48-56(60)65-53(51-63-50-49-54(57(61)62)58(3,4)5)52-64-55(59)47-45-43-41-39-37-35-33-31-29-27-25-23-21-19-17-15-13-11-9-7-2/h9,11,15,17,21,23,27-30,33,35,53-54H,6-8,10,12-14,16,18-20,22,24-26,31-32,34,36-52H2,1-5H3/b11-9+,17-15+,23-21+,29-27+,30-28+,35-33+. The van der Waals surface area contributed by atoms with E-state index in [1.54, 1.807) is 21.1 Å². The molecule has 0 fully saturated rings. The van der Waals surface area contributed by atoms with E-state index in [4.69, 9.17) is 14.2 Å². The van der Waals surface area contributed by atoms with E-state index in [2.05, 4.69) is 86.8 Å². The molecule has 65 heavy (non-hydrogen) atoms. The lowest BCUT2D eigenvalue weighted by atomic mass is 10.1. The Balaban J connectivity index is 4.29. The van der Waals surface area contributed by atoms with Crippen LogP contribution in [0.1, 0.15) is 219 Å². The van der Waals surface area contributed by atoms with Crippen LogP contribution in [0, 0.1) is 0 Å². The van der Waals surface area contributed by atoms with Gasteiger partial charge >= 0.3 is 11.9 Å². The van der Waals surface area contributed by atoms with Gasteiger partial charge < -0.3 is 28.6 Å². The van der Waals surface area contributed by atoms with E-state index in [9.17, 15) is 19.5 Å². The van der Waals surface area contributed by atoms with Crippen LogP contribution in [-0.2, 0) is 28.6 Å². The molecule has 0 N–H and O–H groups in total. The highest BCUT2D eigenvalue weighted by Gasteiger charge is 2.25. The van der Waals surface area contributed by atoms with Crippen LogP contribution in [0.3, 0.4) is 0 Å². The monoisotopic (exact) mass is 910 g/mol. The maximum atomic E-state index is 12.8. The molecule has 0 saturated heterocycles. The van der Waals surface area contributed by atoms with Crippen molar-refractivity contribution in [2.24, 2.45) is 0 Å². The number of rotatable bonds is 47. The van der Waals surface area contributed by atoms with E-state index in [-0.39, 0.29) is 42.7 Å². The molecule has 0 aromatic carbocycles. The molecule has 8 heteroatoms. The van der Waals surface area contributed by atoms with Crippen molar-refractivity contribution in [1.82, 2.24) is 0 Å². The Labute approximate surface area is 400 Å². The van der Waals surface area contributed by atoms with Crippen molar-refractivity contribution < 1.29 is 38.2 Å². The zero-order chi connectivity index (χ0) is 47.7. The lowest BCUT2D eigenvalue weighted by Crippen LogP contribution is -2.55. The zero-order valence-electron chi connectivity index (χ0n) is 42.6. The van der Waals surface area contributed by atoms with Gasteiger partial charge in [-0.15, -0.1) is 0 Å². The maximum Gasteiger partial charge on any atom is 0.306 e. The Morgan fingerprint density at radius 1 is 0.477 bits per heavy atom. The highest BCUT2D eigenvalue weighted by Crippen LogP contribution is 2.15. The topological polar surface area (TPSA) is 102 Å². The first kappa shape index (κ1) is 61.8. The molecular weight excluding hydrogens is 811 g/mol. The first-order valence-corrected chi connectivity index (χ1v) is 26.5. The molecule has 0 aromatic heterocycles. The largest absolute Gasteiger partial charge is 0.544 e. The third-order valence-corrected chi connectivity index (χ3v) is 11.6. The van der Waals surface area contributed by atoms with Crippen molar-refractivity contribution in [3.63, 3.8) is 0 Å². The smallest absolute Gasteiger partial charge is 0.306 e. The highest BCUT2D eigenvalue weighted by molar-refractivity contribution is 5.70. The predicted octanol–water partition coefficient (Wildman–Crippen LogP) is 14.1. The molecule has 0 radical (unpaired) electrons. The van der Waals surface area contributed by atoms with Gasteiger partial charge in [0.2, 0.25) is 0 Å². The van der Waals surface area contributed by atoms with Gasteiger partial charge in [-0.3, -0.25) is 9.59 Å². The van der Waals surface area contributed by atoms with E-state index in [1.807, 2.05) is 0 Å². The second-order valence-corrected chi connectivity index (χ2v) is 18.7. The van der Waals surface area contributed by atoms with Crippen LogP contribution < -0.4 is 5.11 Å². The van der Waals surface area contributed by atoms with Crippen LogP contribution in [0.5, 0.6) is 0 Å². The Morgan fingerprint density at radius 3 is 1.29 bits per heavy atom. The van der Waals surface area contributed by atoms with Crippen molar-refractivity contribution in [1.29, 1.82) is 0 Å². The van der Waals surface area contributed by atoms with Crippen molar-refractivity contribution in [3.8, 4) is 0 Å². The summed E-state index contributed by atoms with van der Waals surface area (Å²) < 4.78 is 17.2. The number of carboxylic acids is 1. The fraction of sp³-hybridized carbons (Fsp3) is 0.737. The number of quaternary nitrogens is 1. The minimum atomic E-state index is -1.13. The fourth-order valence-corrected chi connectivity index (χ4v) is 7.50. The van der Waals surface area contributed by atoms with Crippen molar-refractivity contribution in [2.45, 2.75) is 231 Å². The third kappa shape index (κ3) is 45.7. The summed E-state index contributed by atoms with van der Waals surface area (Å²) in [5.41, 5.74) is 0. The number of unbranched alkanes of at least 4 members (excludes halogenated alkanes) is 21. The number of ether oxygens (including phenoxy) is 3. The third-order valence-electron chi connectivity index (χ3n) is 11.6. The summed E-state index contributed by atoms with van der Waals surface area (Å²) in [6.07, 6.45) is 60.8. The summed E-state index contributed by atoms with van der Waals surface area (Å²) >= 11 is 0. The number of likely N-dealkylation sites (N-methyl/N-ethyl adjacent to an activating group) is 1. The SMILES string of the molecule is CC/C=C/C/C=C/C/C=C/C/C=C/C/C=C/CCCCCCC(=O)OCC(COCCC(C(=O)[O-])[N+](C)(C)C)OC(=O)CCCCCCCCC/C=C/CCCCCCCCCCCC. The lowest BCUT2D eigenvalue weighted by Gasteiger charge is -2.34. The van der Waals surface area contributed by atoms with Crippen LogP contribution in [0.25, 0.3) is 0 Å². The second kappa shape index (κ2) is 47.3. The van der Waals surface area contributed by atoms with E-state index in [0.29, 0.717) is 12.8 Å². The summed E-state index contributed by atoms with van der Waals surface area (Å²) in [4.78, 5) is 37.1. The molecule has 0 heterocycles. The Hall–Kier alpha value is -3.23. The van der Waals surface area contributed by atoms with Crippen LogP contribution >= 0.6 is 0 Å². The van der Waals surface area contributed by atoms with Crippen molar-refractivity contribution in [3.05, 3.63) is 72.9 Å². The molecule has 8 nitrogen and oxygen atoms in total. The minimum absolute atomic E-state index is 0.0280. The zero-order valence-corrected chi connectivity index (χ0v) is 42.6. The van der Waals surface area contributed by atoms with E-state index >= 15 is 0 Å². The number of allylic oxidation sites excluding steroid dienone is 12. The molecule has 0 amide bonds. The minimum Gasteiger partial charge on any atom is -0.544 e. The highest BCUT2D eigenvalue weighted by atomic mass is 16.6. The summed E-state index contributed by atoms with van der Waals surface area (Å²) in [6, 6.07) is -0.734. The number of carboxylic acid groups (broad SMARTS) is 1. The molecule has 0 aliphatic heterocycles. The molecular formula is C57H99NO7. The molecule has 0 aromatic rings. The Bertz CT molecular complexity index is 1290. The van der Waals surface area contributed by atoms with Crippen LogP contribution in [0.15, 0.2) is 72.9 Å². The average Bonchev–Trinajstić information content (AvgIpc) is 3.27. The van der Waals surface area contributed by atoms with Crippen LogP contribution in [0.4, 0.5) is 0 Å². The quantitative estimate of drug-likeness (QED) is 0.0259. The fourth-order valence-electron chi connectivity index (χ4n) is 7.50. The van der Waals surface area contributed by atoms with Gasteiger partial charge in [-0.1, -0.05) is 189 Å². The molecule has 0 rings (SSSR count). The Morgan fingerprint density at radius 2 is 0.862 bits per heavy atom. The number of aliphatic carboxylic acids is 1. The predicted molar refractivity (Wildman–Crippen MR) is 272 cm³/mol. The molecule has 0 aliphatic rings. The Kier molecular flexibility index (Phi) is 44.9. The van der Waals surface area contributed by atoms with Gasteiger partial charge in [0.05, 0.1) is 40.3 Å². The van der Waals surface area contributed by atoms with E-state index in [1.165, 1.54) is 103 Å². The summed E-state index contributed by atoms with van der Waals surface area (Å²) in [5, 5.41) is 11.7. The van der Waals surface area contributed by atoms with Gasteiger partial charge in [-0.2, -0.15) is 0 Å². The second-order valence-electron chi connectivity index (χ2n) is 18.7. The molecule has 0 spiro atoms. The first-order chi connectivity index (χ1) is 31.6. The molecule has 2 unspecified atom stereocenters. The normalized spacial score (nSPS) is 13.4. The summed E-state index contributed by atoms with van der Waals surface area (Å²) in [5.74, 6) is -1.77. The van der Waals surface area contributed by atoms with Crippen LogP contribution in [0.2, 0.25) is 0 Å². The van der Waals surface area contributed by atoms with E-state index in [0.717, 1.165) is 83.5 Å². The average molecular weight is 910 g/mol. The number of nitrogens with zero attached hydrogens (tertiary/aromatic N) is 1. The summed E-state index contributed by atoms with van der Waals surface area (Å²) in [7, 11) is 5.40. The number of hydrogen-bond donors (Lipinski definition) is 0.